The molecule has 0 N–H and O–H groups in total. The Labute approximate surface area is 118 Å². The summed E-state index contributed by atoms with van der Waals surface area (Å²) in [4.78, 5) is 11.6. The molecule has 0 saturated carbocycles. The molecule has 1 aromatic rings. The molecule has 0 aromatic carbocycles. The molecule has 0 saturated heterocycles. The van der Waals surface area contributed by atoms with Crippen LogP contribution in [0.4, 0.5) is 0 Å². The molecule has 114 valence electrons. The summed E-state index contributed by atoms with van der Waals surface area (Å²) in [6.45, 7) is 2.11. The quantitative estimate of drug-likeness (QED) is 0.607. The zero-order valence-electron chi connectivity index (χ0n) is 11.8. The molecule has 0 fully saturated rings. The van der Waals surface area contributed by atoms with E-state index in [1.54, 1.807) is 6.92 Å². The molecule has 8 nitrogen and oxygen atoms in total. The van der Waals surface area contributed by atoms with Crippen molar-refractivity contribution in [2.45, 2.75) is 19.9 Å². The van der Waals surface area contributed by atoms with Crippen LogP contribution in [-0.4, -0.2) is 61.7 Å². The normalized spacial score (nSPS) is 11.6. The summed E-state index contributed by atoms with van der Waals surface area (Å²) >= 11 is 0. The van der Waals surface area contributed by atoms with Gasteiger partial charge in [-0.25, -0.2) is 17.9 Å². The maximum Gasteiger partial charge on any atom is 0.360 e. The van der Waals surface area contributed by atoms with Crippen molar-refractivity contribution < 1.29 is 22.7 Å². The number of esters is 1. The van der Waals surface area contributed by atoms with Crippen molar-refractivity contribution >= 4 is 15.8 Å². The van der Waals surface area contributed by atoms with Crippen LogP contribution >= 0.6 is 0 Å². The molecule has 0 aliphatic carbocycles. The van der Waals surface area contributed by atoms with E-state index in [1.165, 1.54) is 18.9 Å². The van der Waals surface area contributed by atoms with Gasteiger partial charge in [0, 0.05) is 19.3 Å². The molecule has 0 unspecified atom stereocenters. The van der Waals surface area contributed by atoms with E-state index in [4.69, 9.17) is 4.74 Å². The lowest BCUT2D eigenvalue weighted by Gasteiger charge is -2.07. The van der Waals surface area contributed by atoms with Gasteiger partial charge in [0.15, 0.2) is 15.5 Å². The number of rotatable bonds is 8. The fourth-order valence-electron chi connectivity index (χ4n) is 1.58. The predicted octanol–water partition coefficient (Wildman–Crippen LogP) is -0.312. The minimum atomic E-state index is -3.11. The fourth-order valence-corrected chi connectivity index (χ4v) is 2.32. The van der Waals surface area contributed by atoms with Crippen molar-refractivity contribution in [3.63, 3.8) is 0 Å². The van der Waals surface area contributed by atoms with Gasteiger partial charge in [0.1, 0.15) is 0 Å². The summed E-state index contributed by atoms with van der Waals surface area (Å²) < 4.78 is 34.0. The van der Waals surface area contributed by atoms with E-state index in [2.05, 4.69) is 15.0 Å². The van der Waals surface area contributed by atoms with Gasteiger partial charge in [0.25, 0.3) is 0 Å². The minimum absolute atomic E-state index is 0.0482. The number of carbonyl (C=O) groups is 1. The molecule has 0 amide bonds. The molecule has 0 aliphatic heterocycles. The number of carbonyl (C=O) groups excluding carboxylic acids is 1. The first-order chi connectivity index (χ1) is 9.45. The third kappa shape index (κ3) is 4.27. The van der Waals surface area contributed by atoms with Crippen LogP contribution < -0.4 is 0 Å². The lowest BCUT2D eigenvalue weighted by molar-refractivity contribution is 0.0592. The van der Waals surface area contributed by atoms with Crippen LogP contribution in [0, 0.1) is 0 Å². The van der Waals surface area contributed by atoms with Crippen LogP contribution in [0.15, 0.2) is 0 Å². The van der Waals surface area contributed by atoms with Gasteiger partial charge in [-0.05, 0) is 0 Å². The molecule has 0 bridgehead atoms. The first-order valence-corrected chi connectivity index (χ1v) is 7.97. The van der Waals surface area contributed by atoms with E-state index in [9.17, 15) is 13.2 Å². The average molecular weight is 305 g/mol. The van der Waals surface area contributed by atoms with E-state index in [1.807, 2.05) is 0 Å². The number of hydrogen-bond acceptors (Lipinski definition) is 7. The van der Waals surface area contributed by atoms with Crippen LogP contribution in [0.25, 0.3) is 0 Å². The number of ether oxygens (including phenoxy) is 2. The van der Waals surface area contributed by atoms with Crippen molar-refractivity contribution in [2.75, 3.05) is 32.3 Å². The number of aryl methyl sites for hydroxylation is 1. The molecule has 1 aromatic heterocycles. The minimum Gasteiger partial charge on any atom is -0.464 e. The van der Waals surface area contributed by atoms with Gasteiger partial charge in [-0.2, -0.15) is 0 Å². The van der Waals surface area contributed by atoms with Crippen molar-refractivity contribution in [3.8, 4) is 0 Å². The molecular weight excluding hydrogens is 286 g/mol. The third-order valence-corrected chi connectivity index (χ3v) is 4.50. The van der Waals surface area contributed by atoms with Crippen LogP contribution in [0.5, 0.6) is 0 Å². The Morgan fingerprint density at radius 1 is 1.35 bits per heavy atom. The topological polar surface area (TPSA) is 100 Å². The molecule has 0 spiro atoms. The number of nitrogens with zero attached hydrogens (tertiary/aromatic N) is 3. The molecule has 1 rings (SSSR count). The Bertz CT molecular complexity index is 552. The van der Waals surface area contributed by atoms with E-state index < -0.39 is 15.8 Å². The summed E-state index contributed by atoms with van der Waals surface area (Å²) in [6.07, 6.45) is 0.403. The summed E-state index contributed by atoms with van der Waals surface area (Å²) in [5.74, 6) is -0.576. The third-order valence-electron chi connectivity index (χ3n) is 2.81. The van der Waals surface area contributed by atoms with Gasteiger partial charge >= 0.3 is 5.97 Å². The molecule has 0 aliphatic rings. The Balaban J connectivity index is 2.95. The van der Waals surface area contributed by atoms with E-state index in [0.29, 0.717) is 18.7 Å². The highest BCUT2D eigenvalue weighted by molar-refractivity contribution is 7.91. The summed E-state index contributed by atoms with van der Waals surface area (Å²) in [7, 11) is -0.319. The Kier molecular flexibility index (Phi) is 6.08. The van der Waals surface area contributed by atoms with Crippen LogP contribution in [0.3, 0.4) is 0 Å². The van der Waals surface area contributed by atoms with Crippen molar-refractivity contribution in [1.82, 2.24) is 15.0 Å². The van der Waals surface area contributed by atoms with Crippen LogP contribution in [-0.2, 0) is 32.3 Å². The highest BCUT2D eigenvalue weighted by atomic mass is 32.2. The van der Waals surface area contributed by atoms with Crippen LogP contribution in [0.2, 0.25) is 0 Å². The summed E-state index contributed by atoms with van der Waals surface area (Å²) in [6, 6.07) is 0. The van der Waals surface area contributed by atoms with Gasteiger partial charge in [0.05, 0.1) is 31.7 Å². The van der Waals surface area contributed by atoms with E-state index >= 15 is 0 Å². The standard InChI is InChI=1S/C11H19N3O5S/c1-4-20(16,17)8-6-14-9(5-7-18-2)10(12-13-14)11(15)19-3/h4-8H2,1-3H3. The van der Waals surface area contributed by atoms with Crippen molar-refractivity contribution in [3.05, 3.63) is 11.4 Å². The van der Waals surface area contributed by atoms with Crippen molar-refractivity contribution in [2.24, 2.45) is 0 Å². The Hall–Kier alpha value is -1.48. The molecule has 0 atom stereocenters. The second-order valence-corrected chi connectivity index (χ2v) is 6.55. The Morgan fingerprint density at radius 3 is 2.60 bits per heavy atom. The Morgan fingerprint density at radius 2 is 2.05 bits per heavy atom. The fraction of sp³-hybridized carbons (Fsp3) is 0.727. The SMILES string of the molecule is CCS(=O)(=O)CCn1nnc(C(=O)OC)c1CCOC. The average Bonchev–Trinajstić information content (AvgIpc) is 2.85. The molecular formula is C11H19N3O5S. The number of hydrogen-bond donors (Lipinski definition) is 0. The summed E-state index contributed by atoms with van der Waals surface area (Å²) in [5.41, 5.74) is 0.614. The summed E-state index contributed by atoms with van der Waals surface area (Å²) in [5, 5.41) is 7.58. The monoisotopic (exact) mass is 305 g/mol. The van der Waals surface area contributed by atoms with Crippen molar-refractivity contribution in [1.29, 1.82) is 0 Å². The lowest BCUT2D eigenvalue weighted by atomic mass is 10.2. The first kappa shape index (κ1) is 16.6. The molecule has 1 heterocycles. The second-order valence-electron chi connectivity index (χ2n) is 4.08. The highest BCUT2D eigenvalue weighted by Crippen LogP contribution is 2.09. The maximum atomic E-state index is 11.6. The number of aromatic nitrogens is 3. The van der Waals surface area contributed by atoms with Gasteiger partial charge in [0.2, 0.25) is 0 Å². The van der Waals surface area contributed by atoms with Gasteiger partial charge in [-0.3, -0.25) is 0 Å². The number of methoxy groups -OCH3 is 2. The maximum absolute atomic E-state index is 11.6. The highest BCUT2D eigenvalue weighted by Gasteiger charge is 2.21. The van der Waals surface area contributed by atoms with E-state index in [0.717, 1.165) is 0 Å². The zero-order valence-corrected chi connectivity index (χ0v) is 12.6. The molecule has 0 radical (unpaired) electrons. The second kappa shape index (κ2) is 7.34. The molecule has 20 heavy (non-hydrogen) atoms. The molecule has 9 heteroatoms. The zero-order chi connectivity index (χ0) is 15.2. The van der Waals surface area contributed by atoms with Gasteiger partial charge in [-0.15, -0.1) is 5.10 Å². The lowest BCUT2D eigenvalue weighted by Crippen LogP contribution is -2.18. The van der Waals surface area contributed by atoms with Gasteiger partial charge < -0.3 is 9.47 Å². The first-order valence-electron chi connectivity index (χ1n) is 6.15. The van der Waals surface area contributed by atoms with Gasteiger partial charge in [-0.1, -0.05) is 12.1 Å². The smallest absolute Gasteiger partial charge is 0.360 e. The van der Waals surface area contributed by atoms with Crippen LogP contribution in [0.1, 0.15) is 23.1 Å². The van der Waals surface area contributed by atoms with E-state index in [-0.39, 0.29) is 23.7 Å². The largest absolute Gasteiger partial charge is 0.464 e. The predicted molar refractivity (Wildman–Crippen MR) is 71.3 cm³/mol. The number of sulfone groups is 1.